The van der Waals surface area contributed by atoms with Gasteiger partial charge in [0.05, 0.1) is 17.1 Å². The molecule has 2 aromatic rings. The van der Waals surface area contributed by atoms with Gasteiger partial charge in [0.15, 0.2) is 0 Å². The maximum atomic E-state index is 12.6. The summed E-state index contributed by atoms with van der Waals surface area (Å²) in [5.41, 5.74) is 1.87. The van der Waals surface area contributed by atoms with Crippen LogP contribution in [-0.2, 0) is 11.3 Å². The minimum Gasteiger partial charge on any atom is -0.462 e. The average Bonchev–Trinajstić information content (AvgIpc) is 2.88. The zero-order valence-electron chi connectivity index (χ0n) is 11.4. The summed E-state index contributed by atoms with van der Waals surface area (Å²) in [7, 11) is 0. The molecule has 0 spiro atoms. The van der Waals surface area contributed by atoms with Crippen LogP contribution >= 0.6 is 11.8 Å². The quantitative estimate of drug-likeness (QED) is 0.797. The van der Waals surface area contributed by atoms with Crippen LogP contribution in [0.4, 0.5) is 0 Å². The molecular weight excluding hydrogens is 274 g/mol. The van der Waals surface area contributed by atoms with Crippen molar-refractivity contribution in [2.75, 3.05) is 12.4 Å². The van der Waals surface area contributed by atoms with Gasteiger partial charge in [-0.05, 0) is 26.0 Å². The molecule has 5 heteroatoms. The fourth-order valence-corrected chi connectivity index (χ4v) is 3.67. The summed E-state index contributed by atoms with van der Waals surface area (Å²) in [5.74, 6) is 0.359. The molecule has 0 aliphatic carbocycles. The maximum absolute atomic E-state index is 12.6. The van der Waals surface area contributed by atoms with E-state index in [9.17, 15) is 9.59 Å². The van der Waals surface area contributed by atoms with Crippen molar-refractivity contribution in [3.05, 3.63) is 39.5 Å². The van der Waals surface area contributed by atoms with E-state index in [4.69, 9.17) is 4.74 Å². The summed E-state index contributed by atoms with van der Waals surface area (Å²) < 4.78 is 7.10. The monoisotopic (exact) mass is 289 g/mol. The third kappa shape index (κ3) is 1.93. The SMILES string of the molecule is CCOC(=O)c1c2n(c3ccc(C)cc3c1=O)CCS2. The molecule has 0 bridgehead atoms. The van der Waals surface area contributed by atoms with Gasteiger partial charge in [-0.1, -0.05) is 11.6 Å². The van der Waals surface area contributed by atoms with Gasteiger partial charge in [0.2, 0.25) is 5.43 Å². The molecule has 1 aromatic carbocycles. The highest BCUT2D eigenvalue weighted by Crippen LogP contribution is 2.31. The zero-order valence-corrected chi connectivity index (χ0v) is 12.3. The van der Waals surface area contributed by atoms with E-state index >= 15 is 0 Å². The second kappa shape index (κ2) is 4.98. The first kappa shape index (κ1) is 13.2. The Hall–Kier alpha value is -1.75. The fraction of sp³-hybridized carbons (Fsp3) is 0.333. The molecular formula is C15H15NO3S. The molecule has 1 aromatic heterocycles. The molecule has 104 valence electrons. The maximum Gasteiger partial charge on any atom is 0.344 e. The molecule has 0 unspecified atom stereocenters. The van der Waals surface area contributed by atoms with Crippen molar-refractivity contribution in [2.45, 2.75) is 25.4 Å². The first-order chi connectivity index (χ1) is 9.63. The first-order valence-corrected chi connectivity index (χ1v) is 7.59. The number of aryl methyl sites for hydroxylation is 2. The van der Waals surface area contributed by atoms with Crippen LogP contribution in [0.5, 0.6) is 0 Å². The number of aromatic nitrogens is 1. The molecule has 0 atom stereocenters. The first-order valence-electron chi connectivity index (χ1n) is 6.60. The summed E-state index contributed by atoms with van der Waals surface area (Å²) in [6.07, 6.45) is 0. The molecule has 2 heterocycles. The Morgan fingerprint density at radius 1 is 1.45 bits per heavy atom. The fourth-order valence-electron chi connectivity index (χ4n) is 2.53. The number of rotatable bonds is 2. The molecule has 0 saturated carbocycles. The van der Waals surface area contributed by atoms with Crippen LogP contribution in [0.15, 0.2) is 28.0 Å². The van der Waals surface area contributed by atoms with Crippen molar-refractivity contribution in [1.29, 1.82) is 0 Å². The lowest BCUT2D eigenvalue weighted by Crippen LogP contribution is -2.22. The number of hydrogen-bond acceptors (Lipinski definition) is 4. The minimum atomic E-state index is -0.515. The van der Waals surface area contributed by atoms with E-state index in [0.29, 0.717) is 5.39 Å². The number of thioether (sulfide) groups is 1. The number of carbonyl (C=O) groups is 1. The second-order valence-electron chi connectivity index (χ2n) is 4.75. The number of benzene rings is 1. The van der Waals surface area contributed by atoms with E-state index < -0.39 is 5.97 Å². The normalized spacial score (nSPS) is 13.5. The summed E-state index contributed by atoms with van der Waals surface area (Å²) in [6.45, 7) is 4.77. The van der Waals surface area contributed by atoms with Crippen LogP contribution in [-0.4, -0.2) is 22.9 Å². The summed E-state index contributed by atoms with van der Waals surface area (Å²) in [5, 5.41) is 1.34. The highest BCUT2D eigenvalue weighted by atomic mass is 32.2. The summed E-state index contributed by atoms with van der Waals surface area (Å²) >= 11 is 1.54. The lowest BCUT2D eigenvalue weighted by molar-refractivity contribution is 0.0519. The number of esters is 1. The van der Waals surface area contributed by atoms with E-state index in [1.165, 1.54) is 0 Å². The molecule has 20 heavy (non-hydrogen) atoms. The lowest BCUT2D eigenvalue weighted by Gasteiger charge is -2.12. The van der Waals surface area contributed by atoms with Gasteiger partial charge < -0.3 is 9.30 Å². The number of carbonyl (C=O) groups excluding carboxylic acids is 1. The molecule has 3 rings (SSSR count). The van der Waals surface area contributed by atoms with Gasteiger partial charge >= 0.3 is 5.97 Å². The summed E-state index contributed by atoms with van der Waals surface area (Å²) in [4.78, 5) is 24.7. The third-order valence-electron chi connectivity index (χ3n) is 3.41. The van der Waals surface area contributed by atoms with E-state index in [1.54, 1.807) is 18.7 Å². The standard InChI is InChI=1S/C15H15NO3S/c1-3-19-15(18)12-13(17)10-8-9(2)4-5-11(10)16-6-7-20-14(12)16/h4-5,8H,3,6-7H2,1-2H3. The number of ether oxygens (including phenoxy) is 1. The molecule has 0 amide bonds. The lowest BCUT2D eigenvalue weighted by atomic mass is 10.1. The topological polar surface area (TPSA) is 48.3 Å². The smallest absolute Gasteiger partial charge is 0.344 e. The molecule has 0 radical (unpaired) electrons. The number of hydrogen-bond donors (Lipinski definition) is 0. The molecule has 0 fully saturated rings. The van der Waals surface area contributed by atoms with Crippen LogP contribution in [0.2, 0.25) is 0 Å². The zero-order chi connectivity index (χ0) is 14.3. The average molecular weight is 289 g/mol. The second-order valence-corrected chi connectivity index (χ2v) is 5.83. The van der Waals surface area contributed by atoms with Crippen molar-refractivity contribution in [3.8, 4) is 0 Å². The van der Waals surface area contributed by atoms with E-state index in [1.807, 2.05) is 29.7 Å². The van der Waals surface area contributed by atoms with Crippen molar-refractivity contribution >= 4 is 28.6 Å². The Balaban J connectivity index is 2.38. The van der Waals surface area contributed by atoms with Gasteiger partial charge in [-0.25, -0.2) is 4.79 Å². The van der Waals surface area contributed by atoms with Gasteiger partial charge in [0.25, 0.3) is 0 Å². The molecule has 1 aliphatic rings. The Bertz CT molecular complexity index is 764. The van der Waals surface area contributed by atoms with Crippen LogP contribution in [0, 0.1) is 6.92 Å². The van der Waals surface area contributed by atoms with Crippen molar-refractivity contribution in [2.24, 2.45) is 0 Å². The van der Waals surface area contributed by atoms with Crippen LogP contribution in [0.25, 0.3) is 10.9 Å². The Kier molecular flexibility index (Phi) is 3.30. The number of pyridine rings is 1. The van der Waals surface area contributed by atoms with Crippen molar-refractivity contribution in [3.63, 3.8) is 0 Å². The largest absolute Gasteiger partial charge is 0.462 e. The van der Waals surface area contributed by atoms with E-state index in [0.717, 1.165) is 28.4 Å². The highest BCUT2D eigenvalue weighted by Gasteiger charge is 2.26. The van der Waals surface area contributed by atoms with Gasteiger partial charge in [0, 0.05) is 17.7 Å². The highest BCUT2D eigenvalue weighted by molar-refractivity contribution is 7.99. The molecule has 0 N–H and O–H groups in total. The van der Waals surface area contributed by atoms with E-state index in [2.05, 4.69) is 0 Å². The van der Waals surface area contributed by atoms with E-state index in [-0.39, 0.29) is 17.6 Å². The van der Waals surface area contributed by atoms with Crippen LogP contribution < -0.4 is 5.43 Å². The molecule has 1 aliphatic heterocycles. The third-order valence-corrected chi connectivity index (χ3v) is 4.49. The summed E-state index contributed by atoms with van der Waals surface area (Å²) in [6, 6.07) is 5.79. The Morgan fingerprint density at radius 3 is 3.00 bits per heavy atom. The molecule has 4 nitrogen and oxygen atoms in total. The van der Waals surface area contributed by atoms with Gasteiger partial charge in [-0.2, -0.15) is 0 Å². The predicted molar refractivity (Wildman–Crippen MR) is 79.6 cm³/mol. The number of fused-ring (bicyclic) bond motifs is 3. The van der Waals surface area contributed by atoms with Crippen molar-refractivity contribution in [1.82, 2.24) is 4.57 Å². The Morgan fingerprint density at radius 2 is 2.25 bits per heavy atom. The van der Waals surface area contributed by atoms with Crippen LogP contribution in [0.1, 0.15) is 22.8 Å². The van der Waals surface area contributed by atoms with Gasteiger partial charge in [0.1, 0.15) is 5.56 Å². The Labute approximate surface area is 120 Å². The predicted octanol–water partition coefficient (Wildman–Crippen LogP) is 2.59. The van der Waals surface area contributed by atoms with Gasteiger partial charge in [-0.15, -0.1) is 11.8 Å². The van der Waals surface area contributed by atoms with Crippen molar-refractivity contribution < 1.29 is 9.53 Å². The number of nitrogens with zero attached hydrogens (tertiary/aromatic N) is 1. The molecule has 0 saturated heterocycles. The minimum absolute atomic E-state index is 0.187. The van der Waals surface area contributed by atoms with Gasteiger partial charge in [-0.3, -0.25) is 4.79 Å². The van der Waals surface area contributed by atoms with Crippen LogP contribution in [0.3, 0.4) is 0 Å².